The number of nitrogens with zero attached hydrogens (tertiary/aromatic N) is 3. The molecule has 1 aromatic heterocycles. The Morgan fingerprint density at radius 3 is 2.70 bits per heavy atom. The van der Waals surface area contributed by atoms with E-state index in [1.54, 1.807) is 11.3 Å². The SMILES string of the molecule is CC(C)CN1CCN(c2ccc3scnc3c2N)CC1. The van der Waals surface area contributed by atoms with Gasteiger partial charge in [-0.2, -0.15) is 0 Å². The number of hydrogen-bond acceptors (Lipinski definition) is 5. The lowest BCUT2D eigenvalue weighted by Gasteiger charge is -2.37. The molecule has 0 spiro atoms. The highest BCUT2D eigenvalue weighted by atomic mass is 32.1. The second-order valence-electron chi connectivity index (χ2n) is 5.88. The lowest BCUT2D eigenvalue weighted by molar-refractivity contribution is 0.231. The average Bonchev–Trinajstić information content (AvgIpc) is 2.89. The van der Waals surface area contributed by atoms with Gasteiger partial charge in [-0.15, -0.1) is 11.3 Å². The van der Waals surface area contributed by atoms with Gasteiger partial charge in [0, 0.05) is 32.7 Å². The van der Waals surface area contributed by atoms with Gasteiger partial charge in [0.15, 0.2) is 0 Å². The van der Waals surface area contributed by atoms with Crippen molar-refractivity contribution in [3.8, 4) is 0 Å². The van der Waals surface area contributed by atoms with Crippen LogP contribution in [0.4, 0.5) is 11.4 Å². The third-order valence-corrected chi connectivity index (χ3v) is 4.65. The molecule has 0 unspecified atom stereocenters. The molecule has 1 saturated heterocycles. The normalized spacial score (nSPS) is 17.2. The Morgan fingerprint density at radius 2 is 2.00 bits per heavy atom. The standard InChI is InChI=1S/C15H22N4S/c1-11(2)9-18-5-7-19(8-6-18)12-3-4-13-15(14(12)16)17-10-20-13/h3-4,10-11H,5-9,16H2,1-2H3. The minimum atomic E-state index is 0.734. The molecule has 20 heavy (non-hydrogen) atoms. The molecule has 5 heteroatoms. The van der Waals surface area contributed by atoms with E-state index in [1.165, 1.54) is 11.2 Å². The van der Waals surface area contributed by atoms with Crippen molar-refractivity contribution < 1.29 is 0 Å². The van der Waals surface area contributed by atoms with E-state index in [4.69, 9.17) is 5.73 Å². The van der Waals surface area contributed by atoms with Crippen molar-refractivity contribution in [2.75, 3.05) is 43.4 Å². The van der Waals surface area contributed by atoms with Gasteiger partial charge in [-0.3, -0.25) is 4.90 Å². The Labute approximate surface area is 124 Å². The highest BCUT2D eigenvalue weighted by Crippen LogP contribution is 2.32. The van der Waals surface area contributed by atoms with Crippen LogP contribution in [-0.4, -0.2) is 42.6 Å². The van der Waals surface area contributed by atoms with Gasteiger partial charge in [0.25, 0.3) is 0 Å². The van der Waals surface area contributed by atoms with Gasteiger partial charge in [-0.1, -0.05) is 13.8 Å². The first-order valence-corrected chi connectivity index (χ1v) is 8.12. The van der Waals surface area contributed by atoms with Crippen molar-refractivity contribution in [1.29, 1.82) is 0 Å². The molecule has 0 radical (unpaired) electrons. The van der Waals surface area contributed by atoms with Crippen molar-refractivity contribution in [2.24, 2.45) is 5.92 Å². The number of anilines is 2. The van der Waals surface area contributed by atoms with Gasteiger partial charge < -0.3 is 10.6 Å². The summed E-state index contributed by atoms with van der Waals surface area (Å²) in [5.41, 5.74) is 11.1. The summed E-state index contributed by atoms with van der Waals surface area (Å²) < 4.78 is 1.17. The maximum absolute atomic E-state index is 6.30. The Bertz CT molecular complexity index is 585. The van der Waals surface area contributed by atoms with E-state index in [0.717, 1.165) is 49.0 Å². The van der Waals surface area contributed by atoms with Crippen LogP contribution < -0.4 is 10.6 Å². The fourth-order valence-electron chi connectivity index (χ4n) is 2.90. The van der Waals surface area contributed by atoms with E-state index in [2.05, 4.69) is 40.8 Å². The van der Waals surface area contributed by atoms with Crippen molar-refractivity contribution >= 4 is 32.9 Å². The molecule has 0 bridgehead atoms. The van der Waals surface area contributed by atoms with Crippen molar-refractivity contribution in [3.63, 3.8) is 0 Å². The smallest absolute Gasteiger partial charge is 0.106 e. The lowest BCUT2D eigenvalue weighted by atomic mass is 10.1. The lowest BCUT2D eigenvalue weighted by Crippen LogP contribution is -2.47. The first-order chi connectivity index (χ1) is 9.65. The summed E-state index contributed by atoms with van der Waals surface area (Å²) in [7, 11) is 0. The number of nitrogens with two attached hydrogens (primary N) is 1. The van der Waals surface area contributed by atoms with Gasteiger partial charge >= 0.3 is 0 Å². The zero-order valence-electron chi connectivity index (χ0n) is 12.2. The minimum absolute atomic E-state index is 0.734. The highest BCUT2D eigenvalue weighted by molar-refractivity contribution is 7.16. The Hall–Kier alpha value is -1.33. The van der Waals surface area contributed by atoms with Crippen LogP contribution in [-0.2, 0) is 0 Å². The van der Waals surface area contributed by atoms with Gasteiger partial charge in [0.1, 0.15) is 5.52 Å². The predicted octanol–water partition coefficient (Wildman–Crippen LogP) is 2.66. The Balaban J connectivity index is 1.75. The monoisotopic (exact) mass is 290 g/mol. The minimum Gasteiger partial charge on any atom is -0.395 e. The number of aromatic nitrogens is 1. The van der Waals surface area contributed by atoms with E-state index in [1.807, 2.05) is 5.51 Å². The molecule has 0 saturated carbocycles. The molecular weight excluding hydrogens is 268 g/mol. The van der Waals surface area contributed by atoms with Crippen LogP contribution in [0.2, 0.25) is 0 Å². The van der Waals surface area contributed by atoms with E-state index in [-0.39, 0.29) is 0 Å². The summed E-state index contributed by atoms with van der Waals surface area (Å²) in [6.07, 6.45) is 0. The molecule has 2 N–H and O–H groups in total. The first-order valence-electron chi connectivity index (χ1n) is 7.24. The Kier molecular flexibility index (Phi) is 3.81. The third kappa shape index (κ3) is 2.60. The number of nitrogen functional groups attached to an aromatic ring is 1. The number of thiazole rings is 1. The second kappa shape index (κ2) is 5.58. The zero-order chi connectivity index (χ0) is 14.1. The highest BCUT2D eigenvalue weighted by Gasteiger charge is 2.20. The molecule has 1 fully saturated rings. The summed E-state index contributed by atoms with van der Waals surface area (Å²) in [6.45, 7) is 10.1. The maximum Gasteiger partial charge on any atom is 0.106 e. The van der Waals surface area contributed by atoms with Crippen LogP contribution in [0.1, 0.15) is 13.8 Å². The molecule has 0 amide bonds. The van der Waals surface area contributed by atoms with Gasteiger partial charge in [0.2, 0.25) is 0 Å². The van der Waals surface area contributed by atoms with E-state index >= 15 is 0 Å². The van der Waals surface area contributed by atoms with Crippen LogP contribution >= 0.6 is 11.3 Å². The summed E-state index contributed by atoms with van der Waals surface area (Å²) in [5.74, 6) is 0.734. The molecule has 1 aromatic carbocycles. The molecule has 1 aliphatic heterocycles. The van der Waals surface area contributed by atoms with E-state index < -0.39 is 0 Å². The molecule has 0 aliphatic carbocycles. The number of piperazine rings is 1. The number of hydrogen-bond donors (Lipinski definition) is 1. The Morgan fingerprint density at radius 1 is 1.25 bits per heavy atom. The number of fused-ring (bicyclic) bond motifs is 1. The molecule has 3 rings (SSSR count). The fourth-order valence-corrected chi connectivity index (χ4v) is 3.60. The van der Waals surface area contributed by atoms with Crippen LogP contribution in [0.25, 0.3) is 10.2 Å². The quantitative estimate of drug-likeness (QED) is 0.883. The van der Waals surface area contributed by atoms with Crippen LogP contribution in [0, 0.1) is 5.92 Å². The summed E-state index contributed by atoms with van der Waals surface area (Å²) in [5, 5.41) is 0. The van der Waals surface area contributed by atoms with Gasteiger partial charge in [-0.25, -0.2) is 4.98 Å². The molecular formula is C15H22N4S. The topological polar surface area (TPSA) is 45.4 Å². The zero-order valence-corrected chi connectivity index (χ0v) is 13.0. The predicted molar refractivity (Wildman–Crippen MR) is 87.5 cm³/mol. The molecule has 1 aliphatic rings. The fraction of sp³-hybridized carbons (Fsp3) is 0.533. The van der Waals surface area contributed by atoms with Gasteiger partial charge in [0.05, 0.1) is 21.6 Å². The number of benzene rings is 1. The van der Waals surface area contributed by atoms with Crippen LogP contribution in [0.3, 0.4) is 0 Å². The maximum atomic E-state index is 6.30. The first kappa shape index (κ1) is 13.6. The van der Waals surface area contributed by atoms with Crippen LogP contribution in [0.15, 0.2) is 17.6 Å². The van der Waals surface area contributed by atoms with Crippen molar-refractivity contribution in [2.45, 2.75) is 13.8 Å². The summed E-state index contributed by atoms with van der Waals surface area (Å²) in [6, 6.07) is 4.28. The second-order valence-corrected chi connectivity index (χ2v) is 6.77. The number of rotatable bonds is 3. The molecule has 4 nitrogen and oxygen atoms in total. The van der Waals surface area contributed by atoms with E-state index in [0.29, 0.717) is 0 Å². The molecule has 0 atom stereocenters. The summed E-state index contributed by atoms with van der Waals surface area (Å²) >= 11 is 1.65. The summed E-state index contributed by atoms with van der Waals surface area (Å²) in [4.78, 5) is 9.32. The average molecular weight is 290 g/mol. The van der Waals surface area contributed by atoms with Crippen molar-refractivity contribution in [3.05, 3.63) is 17.6 Å². The van der Waals surface area contributed by atoms with E-state index in [9.17, 15) is 0 Å². The largest absolute Gasteiger partial charge is 0.395 e. The molecule has 2 aromatic rings. The molecule has 108 valence electrons. The van der Waals surface area contributed by atoms with Crippen molar-refractivity contribution in [1.82, 2.24) is 9.88 Å². The molecule has 2 heterocycles. The van der Waals surface area contributed by atoms with Crippen LogP contribution in [0.5, 0.6) is 0 Å². The third-order valence-electron chi connectivity index (χ3n) is 3.85. The van der Waals surface area contributed by atoms with Gasteiger partial charge in [-0.05, 0) is 18.1 Å².